The number of carbonyl (C=O) groups is 1. The molecule has 1 aromatic heterocycles. The zero-order chi connectivity index (χ0) is 19.4. The van der Waals surface area contributed by atoms with E-state index in [2.05, 4.69) is 36.3 Å². The van der Waals surface area contributed by atoms with E-state index >= 15 is 0 Å². The lowest BCUT2D eigenvalue weighted by molar-refractivity contribution is -0.152. The Kier molecular flexibility index (Phi) is 6.76. The van der Waals surface area contributed by atoms with Crippen LogP contribution in [0.25, 0.3) is 5.69 Å². The van der Waals surface area contributed by atoms with Gasteiger partial charge in [-0.05, 0) is 65.3 Å². The van der Waals surface area contributed by atoms with E-state index in [1.165, 1.54) is 18.2 Å². The van der Waals surface area contributed by atoms with Gasteiger partial charge in [-0.1, -0.05) is 50.6 Å². The molecule has 1 fully saturated rings. The number of halogens is 1. The molecule has 3 atom stereocenters. The van der Waals surface area contributed by atoms with Crippen molar-refractivity contribution in [3.8, 4) is 5.69 Å². The molecule has 2 aromatic rings. The Morgan fingerprint density at radius 2 is 2.07 bits per heavy atom. The van der Waals surface area contributed by atoms with Crippen LogP contribution < -0.4 is 0 Å². The van der Waals surface area contributed by atoms with Crippen LogP contribution in [0.15, 0.2) is 29.4 Å². The van der Waals surface area contributed by atoms with Gasteiger partial charge in [0.1, 0.15) is 6.10 Å². The highest BCUT2D eigenvalue weighted by atomic mass is 35.5. The van der Waals surface area contributed by atoms with Gasteiger partial charge in [0.2, 0.25) is 5.16 Å². The fraction of sp³-hybridized carbons (Fsp3) is 0.579. The minimum atomic E-state index is -0.213. The van der Waals surface area contributed by atoms with Gasteiger partial charge in [0.05, 0.1) is 11.4 Å². The Bertz CT molecular complexity index is 765. The van der Waals surface area contributed by atoms with Crippen molar-refractivity contribution >= 4 is 29.3 Å². The van der Waals surface area contributed by atoms with Gasteiger partial charge in [0, 0.05) is 5.02 Å². The third kappa shape index (κ3) is 5.23. The van der Waals surface area contributed by atoms with Crippen molar-refractivity contribution in [1.82, 2.24) is 20.2 Å². The Morgan fingerprint density at radius 1 is 1.33 bits per heavy atom. The minimum absolute atomic E-state index is 0.00844. The van der Waals surface area contributed by atoms with Gasteiger partial charge in [-0.2, -0.15) is 4.68 Å². The van der Waals surface area contributed by atoms with Gasteiger partial charge >= 0.3 is 5.97 Å². The molecule has 3 rings (SSSR count). The summed E-state index contributed by atoms with van der Waals surface area (Å²) >= 11 is 7.20. The maximum Gasteiger partial charge on any atom is 0.316 e. The summed E-state index contributed by atoms with van der Waals surface area (Å²) in [7, 11) is 0. The smallest absolute Gasteiger partial charge is 0.316 e. The molecule has 8 heteroatoms. The third-order valence-corrected chi connectivity index (χ3v) is 6.22. The van der Waals surface area contributed by atoms with E-state index in [4.69, 9.17) is 16.3 Å². The van der Waals surface area contributed by atoms with Crippen LogP contribution in [0.2, 0.25) is 5.02 Å². The van der Waals surface area contributed by atoms with Crippen LogP contribution in [0.3, 0.4) is 0 Å². The second-order valence-electron chi connectivity index (χ2n) is 7.49. The van der Waals surface area contributed by atoms with Crippen LogP contribution in [0.4, 0.5) is 0 Å². The van der Waals surface area contributed by atoms with Gasteiger partial charge < -0.3 is 4.74 Å². The molecule has 146 valence electrons. The molecular formula is C19H25ClN4O2S. The maximum absolute atomic E-state index is 12.4. The lowest BCUT2D eigenvalue weighted by Crippen LogP contribution is -2.36. The van der Waals surface area contributed by atoms with Crippen LogP contribution in [-0.2, 0) is 9.53 Å². The molecule has 1 aliphatic rings. The second kappa shape index (κ2) is 9.06. The molecule has 6 nitrogen and oxygen atoms in total. The first-order valence-electron chi connectivity index (χ1n) is 9.30. The zero-order valence-corrected chi connectivity index (χ0v) is 17.4. The standard InChI is InChI=1S/C19H25ClN4O2S/c1-12(2)16-9-4-13(3)10-17(16)26-18(25)11-27-19-21-22-23-24(19)15-7-5-14(20)6-8-15/h5-8,12-13,16-17H,4,9-11H2,1-3H3/t13-,16-,17-/m1/s1. The summed E-state index contributed by atoms with van der Waals surface area (Å²) in [5.74, 6) is 1.52. The first-order valence-corrected chi connectivity index (χ1v) is 10.7. The van der Waals surface area contributed by atoms with E-state index < -0.39 is 0 Å². The predicted octanol–water partition coefficient (Wildman–Crippen LogP) is 4.41. The summed E-state index contributed by atoms with van der Waals surface area (Å²) in [5, 5.41) is 12.9. The molecule has 0 spiro atoms. The van der Waals surface area contributed by atoms with Crippen molar-refractivity contribution in [3.05, 3.63) is 29.3 Å². The largest absolute Gasteiger partial charge is 0.461 e. The molecule has 1 aliphatic carbocycles. The van der Waals surface area contributed by atoms with Crippen LogP contribution in [-0.4, -0.2) is 38.0 Å². The molecule has 0 unspecified atom stereocenters. The number of tetrazole rings is 1. The fourth-order valence-corrected chi connectivity index (χ4v) is 4.39. The van der Waals surface area contributed by atoms with Crippen LogP contribution in [0.5, 0.6) is 0 Å². The average molecular weight is 409 g/mol. The van der Waals surface area contributed by atoms with Gasteiger partial charge in [-0.15, -0.1) is 5.10 Å². The van der Waals surface area contributed by atoms with Gasteiger partial charge in [0.25, 0.3) is 0 Å². The highest BCUT2D eigenvalue weighted by Crippen LogP contribution is 2.35. The van der Waals surface area contributed by atoms with E-state index in [1.807, 2.05) is 12.1 Å². The Morgan fingerprint density at radius 3 is 2.78 bits per heavy atom. The van der Waals surface area contributed by atoms with E-state index in [0.29, 0.717) is 27.9 Å². The van der Waals surface area contributed by atoms with Gasteiger partial charge in [-0.25, -0.2) is 0 Å². The summed E-state index contributed by atoms with van der Waals surface area (Å²) in [6.45, 7) is 6.64. The number of esters is 1. The molecule has 1 aromatic carbocycles. The van der Waals surface area contributed by atoms with E-state index in [0.717, 1.165) is 18.5 Å². The number of hydrogen-bond acceptors (Lipinski definition) is 6. The number of hydrogen-bond donors (Lipinski definition) is 0. The molecule has 1 saturated carbocycles. The topological polar surface area (TPSA) is 69.9 Å². The summed E-state index contributed by atoms with van der Waals surface area (Å²) in [4.78, 5) is 12.4. The van der Waals surface area contributed by atoms with Crippen molar-refractivity contribution in [2.45, 2.75) is 51.3 Å². The number of carbonyl (C=O) groups excluding carboxylic acids is 1. The quantitative estimate of drug-likeness (QED) is 0.520. The number of rotatable bonds is 6. The third-order valence-electron chi connectivity index (χ3n) is 5.08. The maximum atomic E-state index is 12.4. The Balaban J connectivity index is 1.59. The SMILES string of the molecule is CC(C)[C@H]1CC[C@@H](C)C[C@H]1OC(=O)CSc1nnnn1-c1ccc(Cl)cc1. The van der Waals surface area contributed by atoms with Crippen molar-refractivity contribution < 1.29 is 9.53 Å². The first-order chi connectivity index (χ1) is 12.9. The molecule has 0 aliphatic heterocycles. The summed E-state index contributed by atoms with van der Waals surface area (Å²) < 4.78 is 7.43. The number of thioether (sulfide) groups is 1. The molecule has 0 bridgehead atoms. The number of ether oxygens (including phenoxy) is 1. The van der Waals surface area contributed by atoms with E-state index in [-0.39, 0.29) is 17.8 Å². The molecule has 1 heterocycles. The summed E-state index contributed by atoms with van der Waals surface area (Å²) in [5.41, 5.74) is 0.793. The van der Waals surface area contributed by atoms with Crippen molar-refractivity contribution in [1.29, 1.82) is 0 Å². The van der Waals surface area contributed by atoms with E-state index in [1.54, 1.807) is 16.8 Å². The van der Waals surface area contributed by atoms with Crippen molar-refractivity contribution in [2.75, 3.05) is 5.75 Å². The summed E-state index contributed by atoms with van der Waals surface area (Å²) in [6, 6.07) is 7.21. The van der Waals surface area contributed by atoms with Gasteiger partial charge in [-0.3, -0.25) is 4.79 Å². The van der Waals surface area contributed by atoms with Gasteiger partial charge in [0.15, 0.2) is 0 Å². The highest BCUT2D eigenvalue weighted by molar-refractivity contribution is 7.99. The molecule has 0 N–H and O–H groups in total. The normalized spacial score (nSPS) is 22.8. The lowest BCUT2D eigenvalue weighted by atomic mass is 9.75. The predicted molar refractivity (Wildman–Crippen MR) is 106 cm³/mol. The Hall–Kier alpha value is -1.60. The first kappa shape index (κ1) is 20.1. The molecular weight excluding hydrogens is 384 g/mol. The molecule has 0 amide bonds. The van der Waals surface area contributed by atoms with Crippen molar-refractivity contribution in [2.24, 2.45) is 17.8 Å². The summed E-state index contributed by atoms with van der Waals surface area (Å²) in [6.07, 6.45) is 3.29. The van der Waals surface area contributed by atoms with E-state index in [9.17, 15) is 4.79 Å². The Labute approximate surface area is 169 Å². The zero-order valence-electron chi connectivity index (χ0n) is 15.8. The average Bonchev–Trinajstić information content (AvgIpc) is 3.09. The minimum Gasteiger partial charge on any atom is -0.461 e. The number of aromatic nitrogens is 4. The molecule has 0 saturated heterocycles. The van der Waals surface area contributed by atoms with Crippen molar-refractivity contribution in [3.63, 3.8) is 0 Å². The monoisotopic (exact) mass is 408 g/mol. The van der Waals surface area contributed by atoms with Crippen LogP contribution in [0.1, 0.15) is 40.0 Å². The number of benzene rings is 1. The second-order valence-corrected chi connectivity index (χ2v) is 8.87. The molecule has 0 radical (unpaired) electrons. The fourth-order valence-electron chi connectivity index (χ4n) is 3.59. The molecule has 27 heavy (non-hydrogen) atoms. The lowest BCUT2D eigenvalue weighted by Gasteiger charge is -2.36. The van der Waals surface area contributed by atoms with Crippen LogP contribution >= 0.6 is 23.4 Å². The van der Waals surface area contributed by atoms with Crippen LogP contribution in [0, 0.1) is 17.8 Å². The number of nitrogens with zero attached hydrogens (tertiary/aromatic N) is 4. The highest BCUT2D eigenvalue weighted by Gasteiger charge is 2.33.